The highest BCUT2D eigenvalue weighted by Crippen LogP contribution is 2.25. The molecule has 0 fully saturated rings. The molecule has 70 valence electrons. The fourth-order valence-electron chi connectivity index (χ4n) is 1.47. The van der Waals surface area contributed by atoms with Gasteiger partial charge in [-0.2, -0.15) is 0 Å². The molecule has 0 saturated carbocycles. The molecule has 0 spiro atoms. The lowest BCUT2D eigenvalue weighted by Crippen LogP contribution is -1.97. The molecule has 1 heterocycles. The lowest BCUT2D eigenvalue weighted by molar-refractivity contribution is 0.101. The van der Waals surface area contributed by atoms with E-state index in [-0.39, 0.29) is 11.5 Å². The summed E-state index contributed by atoms with van der Waals surface area (Å²) in [5, 5.41) is 10.9. The minimum absolute atomic E-state index is 0.0961. The van der Waals surface area contributed by atoms with Gasteiger partial charge in [0, 0.05) is 23.9 Å². The van der Waals surface area contributed by atoms with Gasteiger partial charge in [-0.3, -0.25) is 9.78 Å². The lowest BCUT2D eigenvalue weighted by Gasteiger charge is -2.03. The average molecular weight is 187 g/mol. The number of carbonyl (C=O) groups is 1. The Hall–Kier alpha value is -1.90. The zero-order chi connectivity index (χ0) is 10.1. The van der Waals surface area contributed by atoms with Crippen molar-refractivity contribution in [2.45, 2.75) is 6.92 Å². The summed E-state index contributed by atoms with van der Waals surface area (Å²) in [5.41, 5.74) is 0.401. The van der Waals surface area contributed by atoms with Crippen LogP contribution in [0.5, 0.6) is 5.75 Å². The van der Waals surface area contributed by atoms with Gasteiger partial charge >= 0.3 is 0 Å². The Kier molecular flexibility index (Phi) is 1.93. The molecular weight excluding hydrogens is 178 g/mol. The first-order chi connectivity index (χ1) is 6.70. The van der Waals surface area contributed by atoms with Gasteiger partial charge in [0.1, 0.15) is 11.4 Å². The maximum Gasteiger partial charge on any atom is 0.178 e. The quantitative estimate of drug-likeness (QED) is 0.696. The lowest BCUT2D eigenvalue weighted by atomic mass is 10.1. The van der Waals surface area contributed by atoms with Crippen molar-refractivity contribution >= 4 is 16.6 Å². The number of phenols is 1. The number of hydrogen-bond acceptors (Lipinski definition) is 3. The molecule has 0 radical (unpaired) electrons. The highest BCUT2D eigenvalue weighted by atomic mass is 16.3. The van der Waals surface area contributed by atoms with Gasteiger partial charge in [0.15, 0.2) is 5.78 Å². The summed E-state index contributed by atoms with van der Waals surface area (Å²) in [4.78, 5) is 15.2. The topological polar surface area (TPSA) is 50.2 Å². The third-order valence-corrected chi connectivity index (χ3v) is 2.12. The van der Waals surface area contributed by atoms with Crippen LogP contribution in [0.25, 0.3) is 10.8 Å². The molecule has 0 unspecified atom stereocenters. The van der Waals surface area contributed by atoms with E-state index in [9.17, 15) is 9.90 Å². The standard InChI is InChI=1S/C11H9NO2/c1-7(13)11-9-3-2-4-10(14)8(9)5-6-12-11/h2-6,14H,1H3. The number of ketones is 1. The van der Waals surface area contributed by atoms with Crippen molar-refractivity contribution in [2.75, 3.05) is 0 Å². The summed E-state index contributed by atoms with van der Waals surface area (Å²) < 4.78 is 0. The summed E-state index contributed by atoms with van der Waals surface area (Å²) in [7, 11) is 0. The summed E-state index contributed by atoms with van der Waals surface area (Å²) in [6.07, 6.45) is 1.53. The largest absolute Gasteiger partial charge is 0.507 e. The maximum absolute atomic E-state index is 11.2. The predicted molar refractivity (Wildman–Crippen MR) is 53.4 cm³/mol. The van der Waals surface area contributed by atoms with Crippen LogP contribution in [-0.2, 0) is 0 Å². The van der Waals surface area contributed by atoms with Crippen LogP contribution in [0.3, 0.4) is 0 Å². The van der Waals surface area contributed by atoms with Gasteiger partial charge in [0.25, 0.3) is 0 Å². The molecule has 0 aliphatic rings. The number of benzene rings is 1. The molecule has 2 aromatic rings. The minimum Gasteiger partial charge on any atom is -0.507 e. The zero-order valence-corrected chi connectivity index (χ0v) is 7.69. The number of Topliss-reactive ketones (excluding diaryl/α,β-unsaturated/α-hetero) is 1. The zero-order valence-electron chi connectivity index (χ0n) is 7.69. The number of fused-ring (bicyclic) bond motifs is 1. The Balaban J connectivity index is 2.88. The third-order valence-electron chi connectivity index (χ3n) is 2.12. The molecule has 3 nitrogen and oxygen atoms in total. The van der Waals surface area contributed by atoms with E-state index >= 15 is 0 Å². The van der Waals surface area contributed by atoms with Crippen LogP contribution in [0.2, 0.25) is 0 Å². The fraction of sp³-hybridized carbons (Fsp3) is 0.0909. The molecule has 0 aliphatic heterocycles. The van der Waals surface area contributed by atoms with Crippen LogP contribution >= 0.6 is 0 Å². The Bertz CT molecular complexity index is 506. The van der Waals surface area contributed by atoms with Crippen LogP contribution < -0.4 is 0 Å². The molecule has 14 heavy (non-hydrogen) atoms. The van der Waals surface area contributed by atoms with Crippen molar-refractivity contribution in [3.63, 3.8) is 0 Å². The van der Waals surface area contributed by atoms with Crippen LogP contribution in [0, 0.1) is 0 Å². The van der Waals surface area contributed by atoms with E-state index in [4.69, 9.17) is 0 Å². The molecular formula is C11H9NO2. The predicted octanol–water partition coefficient (Wildman–Crippen LogP) is 2.14. The number of carbonyl (C=O) groups excluding carboxylic acids is 1. The van der Waals surface area contributed by atoms with E-state index in [1.165, 1.54) is 13.1 Å². The second kappa shape index (κ2) is 3.10. The van der Waals surface area contributed by atoms with Gasteiger partial charge in [-0.05, 0) is 12.1 Å². The maximum atomic E-state index is 11.2. The highest BCUT2D eigenvalue weighted by molar-refractivity contribution is 6.06. The average Bonchev–Trinajstić information content (AvgIpc) is 2.17. The number of pyridine rings is 1. The van der Waals surface area contributed by atoms with Gasteiger partial charge < -0.3 is 5.11 Å². The van der Waals surface area contributed by atoms with Crippen molar-refractivity contribution in [3.05, 3.63) is 36.2 Å². The monoisotopic (exact) mass is 187 g/mol. The number of nitrogens with zero attached hydrogens (tertiary/aromatic N) is 1. The number of phenolic OH excluding ortho intramolecular Hbond substituents is 1. The highest BCUT2D eigenvalue weighted by Gasteiger charge is 2.08. The second-order valence-corrected chi connectivity index (χ2v) is 3.09. The minimum atomic E-state index is -0.0961. The van der Waals surface area contributed by atoms with E-state index in [0.29, 0.717) is 16.5 Å². The first kappa shape index (κ1) is 8.69. The van der Waals surface area contributed by atoms with Gasteiger partial charge in [0.2, 0.25) is 0 Å². The Morgan fingerprint density at radius 2 is 2.07 bits per heavy atom. The van der Waals surface area contributed by atoms with Gasteiger partial charge in [-0.1, -0.05) is 12.1 Å². The van der Waals surface area contributed by atoms with Gasteiger partial charge in [-0.25, -0.2) is 0 Å². The Labute approximate surface area is 81.0 Å². The summed E-state index contributed by atoms with van der Waals surface area (Å²) >= 11 is 0. The number of aromatic nitrogens is 1. The van der Waals surface area contributed by atoms with Crippen molar-refractivity contribution in [1.82, 2.24) is 4.98 Å². The van der Waals surface area contributed by atoms with E-state index in [1.54, 1.807) is 24.3 Å². The SMILES string of the molecule is CC(=O)c1nccc2c(O)cccc12. The number of hydrogen-bond donors (Lipinski definition) is 1. The second-order valence-electron chi connectivity index (χ2n) is 3.09. The number of aromatic hydroxyl groups is 1. The third kappa shape index (κ3) is 1.23. The van der Waals surface area contributed by atoms with E-state index in [0.717, 1.165) is 0 Å². The molecule has 0 bridgehead atoms. The molecule has 0 saturated heterocycles. The molecule has 1 aromatic carbocycles. The number of rotatable bonds is 1. The first-order valence-corrected chi connectivity index (χ1v) is 4.28. The van der Waals surface area contributed by atoms with Gasteiger partial charge in [0.05, 0.1) is 0 Å². The first-order valence-electron chi connectivity index (χ1n) is 4.28. The van der Waals surface area contributed by atoms with E-state index in [1.807, 2.05) is 0 Å². The van der Waals surface area contributed by atoms with Crippen LogP contribution in [0.1, 0.15) is 17.4 Å². The molecule has 1 N–H and O–H groups in total. The molecule has 0 aliphatic carbocycles. The Morgan fingerprint density at radius 1 is 1.29 bits per heavy atom. The smallest absolute Gasteiger partial charge is 0.178 e. The molecule has 0 amide bonds. The molecule has 3 heteroatoms. The molecule has 1 aromatic heterocycles. The van der Waals surface area contributed by atoms with Crippen molar-refractivity contribution in [1.29, 1.82) is 0 Å². The van der Waals surface area contributed by atoms with Crippen molar-refractivity contribution in [3.8, 4) is 5.75 Å². The van der Waals surface area contributed by atoms with Crippen molar-refractivity contribution in [2.24, 2.45) is 0 Å². The van der Waals surface area contributed by atoms with E-state index in [2.05, 4.69) is 4.98 Å². The van der Waals surface area contributed by atoms with E-state index < -0.39 is 0 Å². The molecule has 2 rings (SSSR count). The van der Waals surface area contributed by atoms with Crippen LogP contribution in [0.15, 0.2) is 30.5 Å². The van der Waals surface area contributed by atoms with Crippen LogP contribution in [0.4, 0.5) is 0 Å². The Morgan fingerprint density at radius 3 is 2.79 bits per heavy atom. The summed E-state index contributed by atoms with van der Waals surface area (Å²) in [5.74, 6) is 0.0774. The summed E-state index contributed by atoms with van der Waals surface area (Å²) in [6, 6.07) is 6.76. The summed E-state index contributed by atoms with van der Waals surface area (Å²) in [6.45, 7) is 1.46. The van der Waals surface area contributed by atoms with Gasteiger partial charge in [-0.15, -0.1) is 0 Å². The van der Waals surface area contributed by atoms with Crippen LogP contribution in [-0.4, -0.2) is 15.9 Å². The molecule has 0 atom stereocenters. The van der Waals surface area contributed by atoms with Crippen molar-refractivity contribution < 1.29 is 9.90 Å². The normalized spacial score (nSPS) is 10.4. The fourth-order valence-corrected chi connectivity index (χ4v) is 1.47.